The summed E-state index contributed by atoms with van der Waals surface area (Å²) >= 11 is 0. The van der Waals surface area contributed by atoms with Gasteiger partial charge in [-0.1, -0.05) is 81.4 Å². The van der Waals surface area contributed by atoms with Gasteiger partial charge in [-0.3, -0.25) is 4.79 Å². The molecule has 1 aliphatic rings. The molecule has 1 aliphatic heterocycles. The molecule has 0 aliphatic carbocycles. The van der Waals surface area contributed by atoms with Crippen LogP contribution < -0.4 is 10.4 Å². The second-order valence-electron chi connectivity index (χ2n) is 7.72. The van der Waals surface area contributed by atoms with Crippen LogP contribution in [0.15, 0.2) is 60.7 Å². The number of carbonyl (C=O) groups excluding carboxylic acids is 1. The molecule has 0 N–H and O–H groups in total. The number of esters is 1. The van der Waals surface area contributed by atoms with E-state index in [1.54, 1.807) is 0 Å². The standard InChI is InChI=1S/C21H26O3Si/c1-16(19-15-20(22)23-19)24-25(21(2,3)4,17-11-7-5-8-12-17)18-13-9-6-10-14-18/h5-14,16,19H,15H2,1-4H3/t16-,19+/m0/s1. The molecule has 0 unspecified atom stereocenters. The van der Waals surface area contributed by atoms with Crippen molar-refractivity contribution in [1.82, 2.24) is 0 Å². The van der Waals surface area contributed by atoms with Crippen LogP contribution in [-0.2, 0) is 14.0 Å². The Morgan fingerprint density at radius 1 is 1.00 bits per heavy atom. The predicted molar refractivity (Wildman–Crippen MR) is 103 cm³/mol. The van der Waals surface area contributed by atoms with Crippen molar-refractivity contribution in [2.75, 3.05) is 0 Å². The molecule has 2 atom stereocenters. The lowest BCUT2D eigenvalue weighted by Gasteiger charge is -2.46. The van der Waals surface area contributed by atoms with Crippen LogP contribution in [-0.4, -0.2) is 26.5 Å². The lowest BCUT2D eigenvalue weighted by Crippen LogP contribution is -2.68. The third kappa shape index (κ3) is 3.28. The highest BCUT2D eigenvalue weighted by molar-refractivity contribution is 6.99. The summed E-state index contributed by atoms with van der Waals surface area (Å²) < 4.78 is 12.2. The van der Waals surface area contributed by atoms with Crippen molar-refractivity contribution in [3.63, 3.8) is 0 Å². The summed E-state index contributed by atoms with van der Waals surface area (Å²) in [6.07, 6.45) is 0.164. The Morgan fingerprint density at radius 2 is 1.44 bits per heavy atom. The van der Waals surface area contributed by atoms with Crippen LogP contribution in [0.4, 0.5) is 0 Å². The van der Waals surface area contributed by atoms with Gasteiger partial charge < -0.3 is 9.16 Å². The van der Waals surface area contributed by atoms with Gasteiger partial charge in [0, 0.05) is 0 Å². The molecular weight excluding hydrogens is 328 g/mol. The predicted octanol–water partition coefficient (Wildman–Crippen LogP) is 3.27. The van der Waals surface area contributed by atoms with E-state index in [0.29, 0.717) is 6.42 Å². The Morgan fingerprint density at radius 3 is 1.80 bits per heavy atom. The molecule has 0 amide bonds. The van der Waals surface area contributed by atoms with Gasteiger partial charge in [0.25, 0.3) is 8.32 Å². The minimum atomic E-state index is -2.57. The van der Waals surface area contributed by atoms with E-state index in [-0.39, 0.29) is 23.2 Å². The van der Waals surface area contributed by atoms with E-state index in [4.69, 9.17) is 9.16 Å². The maximum atomic E-state index is 11.3. The summed E-state index contributed by atoms with van der Waals surface area (Å²) in [6, 6.07) is 21.0. The first-order chi connectivity index (χ1) is 11.8. The van der Waals surface area contributed by atoms with Crippen molar-refractivity contribution in [3.8, 4) is 0 Å². The van der Waals surface area contributed by atoms with Crippen molar-refractivity contribution >= 4 is 24.7 Å². The minimum Gasteiger partial charge on any atom is -0.459 e. The average Bonchev–Trinajstić information content (AvgIpc) is 2.57. The van der Waals surface area contributed by atoms with Crippen molar-refractivity contribution < 1.29 is 14.0 Å². The summed E-state index contributed by atoms with van der Waals surface area (Å²) in [7, 11) is -2.57. The summed E-state index contributed by atoms with van der Waals surface area (Å²) in [4.78, 5) is 11.3. The van der Waals surface area contributed by atoms with Crippen LogP contribution in [0.3, 0.4) is 0 Å². The quantitative estimate of drug-likeness (QED) is 0.611. The lowest BCUT2D eigenvalue weighted by molar-refractivity contribution is -0.178. The van der Waals surface area contributed by atoms with Gasteiger partial charge in [-0.25, -0.2) is 0 Å². The van der Waals surface area contributed by atoms with E-state index < -0.39 is 8.32 Å². The van der Waals surface area contributed by atoms with Crippen molar-refractivity contribution in [2.45, 2.75) is 51.4 Å². The summed E-state index contributed by atoms with van der Waals surface area (Å²) in [5.74, 6) is -0.136. The molecule has 2 aromatic rings. The zero-order valence-corrected chi connectivity index (χ0v) is 16.4. The first-order valence-corrected chi connectivity index (χ1v) is 10.7. The molecule has 1 heterocycles. The molecule has 3 rings (SSSR count). The molecule has 1 saturated heterocycles. The number of cyclic esters (lactones) is 1. The molecule has 4 heteroatoms. The number of hydrogen-bond acceptors (Lipinski definition) is 3. The molecule has 132 valence electrons. The second kappa shape index (κ2) is 6.77. The smallest absolute Gasteiger partial charge is 0.310 e. The zero-order valence-electron chi connectivity index (χ0n) is 15.4. The van der Waals surface area contributed by atoms with E-state index in [2.05, 4.69) is 69.3 Å². The number of benzene rings is 2. The highest BCUT2D eigenvalue weighted by Crippen LogP contribution is 2.38. The Kier molecular flexibility index (Phi) is 4.85. The van der Waals surface area contributed by atoms with Gasteiger partial charge >= 0.3 is 5.97 Å². The van der Waals surface area contributed by atoms with Gasteiger partial charge in [0.2, 0.25) is 0 Å². The maximum Gasteiger partial charge on any atom is 0.310 e. The highest BCUT2D eigenvalue weighted by atomic mass is 28.4. The molecule has 25 heavy (non-hydrogen) atoms. The molecule has 0 saturated carbocycles. The molecule has 0 aromatic heterocycles. The van der Waals surface area contributed by atoms with Crippen LogP contribution in [0.2, 0.25) is 5.04 Å². The Hall–Kier alpha value is -1.91. The molecule has 0 radical (unpaired) electrons. The number of hydrogen-bond donors (Lipinski definition) is 0. The molecule has 1 fully saturated rings. The van der Waals surface area contributed by atoms with Gasteiger partial charge in [-0.05, 0) is 22.3 Å². The van der Waals surface area contributed by atoms with Crippen molar-refractivity contribution in [3.05, 3.63) is 60.7 Å². The first kappa shape index (κ1) is 17.9. The lowest BCUT2D eigenvalue weighted by atomic mass is 10.1. The van der Waals surface area contributed by atoms with Gasteiger partial charge in [0.05, 0.1) is 12.5 Å². The van der Waals surface area contributed by atoms with E-state index >= 15 is 0 Å². The van der Waals surface area contributed by atoms with Crippen molar-refractivity contribution in [1.29, 1.82) is 0 Å². The SMILES string of the molecule is C[C@H](O[Si](c1ccccc1)(c1ccccc1)C(C)(C)C)[C@H]1CC(=O)O1. The summed E-state index contributed by atoms with van der Waals surface area (Å²) in [6.45, 7) is 8.77. The minimum absolute atomic E-state index is 0.0717. The highest BCUT2D eigenvalue weighted by Gasteiger charge is 2.52. The third-order valence-corrected chi connectivity index (χ3v) is 10.1. The van der Waals surface area contributed by atoms with Gasteiger partial charge in [-0.15, -0.1) is 0 Å². The number of carbonyl (C=O) groups is 1. The summed E-state index contributed by atoms with van der Waals surface area (Å²) in [5.41, 5.74) is 0. The second-order valence-corrected chi connectivity index (χ2v) is 12.0. The molecule has 2 aromatic carbocycles. The van der Waals surface area contributed by atoms with E-state index in [1.807, 2.05) is 19.1 Å². The van der Waals surface area contributed by atoms with Crippen molar-refractivity contribution in [2.24, 2.45) is 0 Å². The van der Waals surface area contributed by atoms with Gasteiger partial charge in [-0.2, -0.15) is 0 Å². The number of ether oxygens (including phenoxy) is 1. The van der Waals surface area contributed by atoms with Gasteiger partial charge in [0.1, 0.15) is 6.10 Å². The third-order valence-electron chi connectivity index (χ3n) is 4.95. The van der Waals surface area contributed by atoms with Crippen LogP contribution in [0.1, 0.15) is 34.1 Å². The normalized spacial score (nSPS) is 19.0. The van der Waals surface area contributed by atoms with E-state index in [9.17, 15) is 4.79 Å². The van der Waals surface area contributed by atoms with Crippen LogP contribution in [0.5, 0.6) is 0 Å². The van der Waals surface area contributed by atoms with Crippen LogP contribution in [0.25, 0.3) is 0 Å². The van der Waals surface area contributed by atoms with Crippen LogP contribution in [0, 0.1) is 0 Å². The molecule has 0 bridgehead atoms. The maximum absolute atomic E-state index is 11.3. The van der Waals surface area contributed by atoms with E-state index in [0.717, 1.165) is 0 Å². The monoisotopic (exact) mass is 354 g/mol. The Balaban J connectivity index is 2.10. The topological polar surface area (TPSA) is 35.5 Å². The fourth-order valence-electron chi connectivity index (χ4n) is 3.63. The van der Waals surface area contributed by atoms with Gasteiger partial charge in [0.15, 0.2) is 0 Å². The summed E-state index contributed by atoms with van der Waals surface area (Å²) in [5, 5.41) is 2.41. The Labute approximate surface area is 151 Å². The average molecular weight is 355 g/mol. The Bertz CT molecular complexity index is 674. The van der Waals surface area contributed by atoms with E-state index in [1.165, 1.54) is 10.4 Å². The molecule has 3 nitrogen and oxygen atoms in total. The molecule has 0 spiro atoms. The first-order valence-electron chi connectivity index (χ1n) is 8.83. The largest absolute Gasteiger partial charge is 0.459 e. The zero-order chi connectivity index (χ0) is 18.1. The fraction of sp³-hybridized carbons (Fsp3) is 0.381. The fourth-order valence-corrected chi connectivity index (χ4v) is 8.36. The van der Waals surface area contributed by atoms with Crippen LogP contribution >= 0.6 is 0 Å². The molecular formula is C21H26O3Si. The number of rotatable bonds is 5.